The van der Waals surface area contributed by atoms with E-state index in [0.29, 0.717) is 17.8 Å². The zero-order valence-electron chi connectivity index (χ0n) is 17.8. The van der Waals surface area contributed by atoms with E-state index in [1.165, 1.54) is 19.3 Å². The van der Waals surface area contributed by atoms with Crippen molar-refractivity contribution in [2.24, 2.45) is 23.2 Å². The number of carbonyl (C=O) groups excluding carboxylic acids is 3. The minimum absolute atomic E-state index is 0.0439. The van der Waals surface area contributed by atoms with Crippen molar-refractivity contribution in [2.75, 3.05) is 26.2 Å². The molecule has 0 aromatic carbocycles. The van der Waals surface area contributed by atoms with E-state index < -0.39 is 18.1 Å². The quantitative estimate of drug-likeness (QED) is 0.703. The first-order chi connectivity index (χ1) is 14.4. The lowest BCUT2D eigenvalue weighted by molar-refractivity contribution is -0.167. The largest absolute Gasteiger partial charge is 0.454 e. The molecule has 2 heterocycles. The van der Waals surface area contributed by atoms with Crippen molar-refractivity contribution in [3.05, 3.63) is 0 Å². The second kappa shape index (κ2) is 7.81. The summed E-state index contributed by atoms with van der Waals surface area (Å²) >= 11 is 0. The van der Waals surface area contributed by atoms with E-state index in [1.807, 2.05) is 0 Å². The summed E-state index contributed by atoms with van der Waals surface area (Å²) in [7, 11) is 0. The van der Waals surface area contributed by atoms with Crippen LogP contribution in [0.2, 0.25) is 0 Å². The average molecular weight is 419 g/mol. The van der Waals surface area contributed by atoms with Gasteiger partial charge in [-0.05, 0) is 75.5 Å². The van der Waals surface area contributed by atoms with E-state index in [2.05, 4.69) is 0 Å². The van der Waals surface area contributed by atoms with Crippen molar-refractivity contribution in [1.29, 1.82) is 0 Å². The van der Waals surface area contributed by atoms with Crippen LogP contribution in [0.1, 0.15) is 64.2 Å². The van der Waals surface area contributed by atoms with Gasteiger partial charge < -0.3 is 19.6 Å². The Morgan fingerprint density at radius 1 is 0.900 bits per heavy atom. The zero-order valence-corrected chi connectivity index (χ0v) is 17.8. The number of esters is 1. The van der Waals surface area contributed by atoms with Gasteiger partial charge in [0.25, 0.3) is 5.91 Å². The molecular weight excluding hydrogens is 384 g/mol. The summed E-state index contributed by atoms with van der Waals surface area (Å²) in [4.78, 5) is 42.2. The third kappa shape index (κ3) is 3.63. The fourth-order valence-electron chi connectivity index (χ4n) is 7.40. The van der Waals surface area contributed by atoms with Gasteiger partial charge in [0.05, 0.1) is 11.5 Å². The molecule has 1 unspecified atom stereocenters. The normalized spacial score (nSPS) is 40.0. The van der Waals surface area contributed by atoms with E-state index >= 15 is 0 Å². The first-order valence-electron chi connectivity index (χ1n) is 11.9. The molecule has 166 valence electrons. The van der Waals surface area contributed by atoms with Gasteiger partial charge in [-0.3, -0.25) is 9.59 Å². The summed E-state index contributed by atoms with van der Waals surface area (Å²) in [5.74, 6) is 1.25. The third-order valence-corrected chi connectivity index (χ3v) is 8.35. The Morgan fingerprint density at radius 3 is 2.10 bits per heavy atom. The summed E-state index contributed by atoms with van der Waals surface area (Å²) < 4.78 is 5.35. The Kier molecular flexibility index (Phi) is 5.28. The molecule has 0 aromatic rings. The van der Waals surface area contributed by atoms with E-state index in [9.17, 15) is 19.5 Å². The molecule has 0 spiro atoms. The molecule has 6 fully saturated rings. The van der Waals surface area contributed by atoms with E-state index in [4.69, 9.17) is 4.74 Å². The highest BCUT2D eigenvalue weighted by Crippen LogP contribution is 2.60. The number of amides is 2. The lowest BCUT2D eigenvalue weighted by Crippen LogP contribution is -2.56. The van der Waals surface area contributed by atoms with Crippen molar-refractivity contribution in [1.82, 2.24) is 9.80 Å². The number of hydrogen-bond donors (Lipinski definition) is 1. The molecule has 4 bridgehead atoms. The fraction of sp³-hybridized carbons (Fsp3) is 0.870. The summed E-state index contributed by atoms with van der Waals surface area (Å²) in [6.07, 6.45) is 9.14. The molecule has 1 N–H and O–H groups in total. The second-order valence-corrected chi connectivity index (χ2v) is 10.6. The minimum Gasteiger partial charge on any atom is -0.454 e. The van der Waals surface area contributed by atoms with Gasteiger partial charge in [0, 0.05) is 26.1 Å². The number of likely N-dealkylation sites (tertiary alicyclic amines) is 2. The molecule has 2 aliphatic heterocycles. The highest BCUT2D eigenvalue weighted by molar-refractivity contribution is 5.90. The van der Waals surface area contributed by atoms with E-state index in [1.54, 1.807) is 9.80 Å². The van der Waals surface area contributed by atoms with Crippen LogP contribution in [0.4, 0.5) is 0 Å². The molecule has 2 amide bonds. The lowest BCUT2D eigenvalue weighted by atomic mass is 9.49. The summed E-state index contributed by atoms with van der Waals surface area (Å²) in [6, 6.07) is -0.769. The lowest BCUT2D eigenvalue weighted by Gasteiger charge is -2.56. The molecule has 0 radical (unpaired) electrons. The Morgan fingerprint density at radius 2 is 1.50 bits per heavy atom. The van der Waals surface area contributed by atoms with E-state index in [0.717, 1.165) is 51.6 Å². The fourth-order valence-corrected chi connectivity index (χ4v) is 7.40. The minimum atomic E-state index is -0.769. The van der Waals surface area contributed by atoms with Crippen LogP contribution in [0.5, 0.6) is 0 Å². The third-order valence-electron chi connectivity index (χ3n) is 8.35. The number of nitrogens with zero attached hydrogens (tertiary/aromatic N) is 2. The number of ether oxygens (including phenoxy) is 1. The van der Waals surface area contributed by atoms with Crippen LogP contribution < -0.4 is 0 Å². The number of carbonyl (C=O) groups is 3. The van der Waals surface area contributed by atoms with E-state index in [-0.39, 0.29) is 36.8 Å². The highest BCUT2D eigenvalue weighted by Gasteiger charge is 2.57. The smallest absolute Gasteiger partial charge is 0.329 e. The molecule has 7 nitrogen and oxygen atoms in total. The Bertz CT molecular complexity index is 681. The van der Waals surface area contributed by atoms with Crippen LogP contribution in [-0.4, -0.2) is 71.1 Å². The van der Waals surface area contributed by atoms with Crippen molar-refractivity contribution < 1.29 is 24.2 Å². The maximum Gasteiger partial charge on any atom is 0.329 e. The maximum absolute atomic E-state index is 13.7. The topological polar surface area (TPSA) is 87.2 Å². The number of piperidine rings is 1. The van der Waals surface area contributed by atoms with Crippen LogP contribution in [0.3, 0.4) is 0 Å². The number of aliphatic hydroxyl groups is 1. The molecular formula is C23H34N2O5. The summed E-state index contributed by atoms with van der Waals surface area (Å²) in [5.41, 5.74) is -0.346. The molecule has 2 atom stereocenters. The van der Waals surface area contributed by atoms with Crippen LogP contribution in [0.25, 0.3) is 0 Å². The van der Waals surface area contributed by atoms with Gasteiger partial charge >= 0.3 is 5.97 Å². The average Bonchev–Trinajstić information content (AvgIpc) is 3.12. The molecule has 30 heavy (non-hydrogen) atoms. The van der Waals surface area contributed by atoms with Crippen molar-refractivity contribution >= 4 is 17.8 Å². The first kappa shape index (κ1) is 20.3. The van der Waals surface area contributed by atoms with Crippen molar-refractivity contribution in [3.8, 4) is 0 Å². The predicted octanol–water partition coefficient (Wildman–Crippen LogP) is 1.72. The van der Waals surface area contributed by atoms with Gasteiger partial charge in [0.2, 0.25) is 5.91 Å². The summed E-state index contributed by atoms with van der Waals surface area (Å²) in [6.45, 7) is 1.36. The van der Waals surface area contributed by atoms with Crippen LogP contribution >= 0.6 is 0 Å². The Hall–Kier alpha value is -1.63. The maximum atomic E-state index is 13.7. The monoisotopic (exact) mass is 418 g/mol. The zero-order chi connectivity index (χ0) is 20.9. The molecule has 4 saturated carbocycles. The summed E-state index contributed by atoms with van der Waals surface area (Å²) in [5, 5.41) is 10.3. The molecule has 7 heteroatoms. The molecule has 4 aliphatic carbocycles. The Labute approximate surface area is 178 Å². The number of β-amino-alcohol motifs (C(OH)–C–C–N with tert-alkyl or cyclic N) is 1. The van der Waals surface area contributed by atoms with Gasteiger partial charge in [-0.2, -0.15) is 0 Å². The van der Waals surface area contributed by atoms with Gasteiger partial charge in [-0.15, -0.1) is 0 Å². The van der Waals surface area contributed by atoms with Gasteiger partial charge in [-0.1, -0.05) is 0 Å². The number of aliphatic hydroxyl groups excluding tert-OH is 1. The van der Waals surface area contributed by atoms with Crippen LogP contribution in [0, 0.1) is 23.2 Å². The molecule has 0 aromatic heterocycles. The van der Waals surface area contributed by atoms with Gasteiger partial charge in [0.15, 0.2) is 6.61 Å². The second-order valence-electron chi connectivity index (χ2n) is 10.6. The van der Waals surface area contributed by atoms with Crippen molar-refractivity contribution in [3.63, 3.8) is 0 Å². The van der Waals surface area contributed by atoms with Crippen LogP contribution in [-0.2, 0) is 19.1 Å². The standard InChI is InChI=1S/C23H34N2O5/c26-18-9-19(21(28)30-14-20(27)24-4-2-1-3-5-24)25(13-18)22(29)23-10-15-6-16(11-23)8-17(7-15)12-23/h15-19,26H,1-14H2/t15?,16?,17?,18?,19-,23?/m0/s1. The van der Waals surface area contributed by atoms with Crippen LogP contribution in [0.15, 0.2) is 0 Å². The van der Waals surface area contributed by atoms with Gasteiger partial charge in [0.1, 0.15) is 6.04 Å². The molecule has 2 saturated heterocycles. The SMILES string of the molecule is O=C(OCC(=O)N1CCCCC1)[C@@H]1CC(O)CN1C(=O)C12CC3CC(CC(C3)C1)C2. The number of rotatable bonds is 4. The molecule has 6 rings (SSSR count). The highest BCUT2D eigenvalue weighted by atomic mass is 16.5. The Balaban J connectivity index is 1.24. The molecule has 6 aliphatic rings. The van der Waals surface area contributed by atoms with Crippen molar-refractivity contribution in [2.45, 2.75) is 76.4 Å². The predicted molar refractivity (Wildman–Crippen MR) is 108 cm³/mol. The number of hydrogen-bond acceptors (Lipinski definition) is 5. The first-order valence-corrected chi connectivity index (χ1v) is 11.9. The van der Waals surface area contributed by atoms with Gasteiger partial charge in [-0.25, -0.2) is 4.79 Å².